The second-order valence-electron chi connectivity index (χ2n) is 5.24. The van der Waals surface area contributed by atoms with E-state index in [-0.39, 0.29) is 11.9 Å². The normalized spacial score (nSPS) is 23.6. The van der Waals surface area contributed by atoms with Crippen LogP contribution in [0.5, 0.6) is 0 Å². The molecule has 2 rings (SSSR count). The highest BCUT2D eigenvalue weighted by Gasteiger charge is 2.30. The number of amides is 1. The molecule has 0 aliphatic carbocycles. The number of likely N-dealkylation sites (tertiary alicyclic amines) is 1. The van der Waals surface area contributed by atoms with Gasteiger partial charge in [-0.2, -0.15) is 0 Å². The lowest BCUT2D eigenvalue weighted by atomic mass is 9.90. The predicted molar refractivity (Wildman–Crippen MR) is 83.3 cm³/mol. The molecular weight excluding hydrogens is 324 g/mol. The molecular formula is C14H21BrN2OS. The Bertz CT molecular complexity index is 435. The van der Waals surface area contributed by atoms with Gasteiger partial charge < -0.3 is 10.6 Å². The van der Waals surface area contributed by atoms with Crippen LogP contribution in [0.1, 0.15) is 31.1 Å². The maximum Gasteiger partial charge on any atom is 0.223 e. The number of carbonyl (C=O) groups is 1. The maximum atomic E-state index is 12.4. The van der Waals surface area contributed by atoms with E-state index in [9.17, 15) is 4.79 Å². The minimum Gasteiger partial charge on any atom is -0.338 e. The molecule has 0 bridgehead atoms. The number of aryl methyl sites for hydroxylation is 1. The fraction of sp³-hybridized carbons (Fsp3) is 0.643. The Balaban J connectivity index is 1.91. The van der Waals surface area contributed by atoms with Crippen molar-refractivity contribution in [3.05, 3.63) is 20.8 Å². The third kappa shape index (κ3) is 3.80. The van der Waals surface area contributed by atoms with Crippen LogP contribution in [0.15, 0.2) is 15.9 Å². The Morgan fingerprint density at radius 1 is 1.63 bits per heavy atom. The van der Waals surface area contributed by atoms with Gasteiger partial charge in [0.05, 0.1) is 0 Å². The average Bonchev–Trinajstić information content (AvgIpc) is 2.81. The highest BCUT2D eigenvalue weighted by atomic mass is 79.9. The predicted octanol–water partition coefficient (Wildman–Crippen LogP) is 3.03. The Morgan fingerprint density at radius 3 is 3.05 bits per heavy atom. The maximum absolute atomic E-state index is 12.4. The summed E-state index contributed by atoms with van der Waals surface area (Å²) in [6.45, 7) is 3.66. The van der Waals surface area contributed by atoms with Crippen molar-refractivity contribution in [2.75, 3.05) is 13.1 Å². The highest BCUT2D eigenvalue weighted by molar-refractivity contribution is 9.10. The molecule has 1 aromatic rings. The van der Waals surface area contributed by atoms with Gasteiger partial charge in [0.2, 0.25) is 5.91 Å². The van der Waals surface area contributed by atoms with E-state index in [0.717, 1.165) is 23.9 Å². The number of nitrogens with two attached hydrogens (primary N) is 1. The summed E-state index contributed by atoms with van der Waals surface area (Å²) in [7, 11) is 0. The van der Waals surface area contributed by atoms with Gasteiger partial charge in [-0.1, -0.05) is 6.92 Å². The smallest absolute Gasteiger partial charge is 0.223 e. The number of hydrogen-bond donors (Lipinski definition) is 1. The van der Waals surface area contributed by atoms with Gasteiger partial charge >= 0.3 is 0 Å². The second-order valence-corrected chi connectivity index (χ2v) is 7.15. The van der Waals surface area contributed by atoms with Crippen molar-refractivity contribution in [1.82, 2.24) is 4.90 Å². The zero-order valence-corrected chi connectivity index (χ0v) is 13.7. The Morgan fingerprint density at radius 2 is 2.42 bits per heavy atom. The Hall–Kier alpha value is -0.390. The van der Waals surface area contributed by atoms with Gasteiger partial charge in [-0.15, -0.1) is 11.3 Å². The first-order valence-corrected chi connectivity index (χ1v) is 8.51. The lowest BCUT2D eigenvalue weighted by Crippen LogP contribution is -2.51. The molecule has 0 aromatic carbocycles. The fourth-order valence-electron chi connectivity index (χ4n) is 2.78. The quantitative estimate of drug-likeness (QED) is 0.912. The number of piperidine rings is 1. The molecule has 0 saturated carbocycles. The van der Waals surface area contributed by atoms with Crippen molar-refractivity contribution in [2.45, 2.75) is 38.6 Å². The number of nitrogens with zero attached hydrogens (tertiary/aromatic N) is 1. The van der Waals surface area contributed by atoms with Gasteiger partial charge in [-0.05, 0) is 47.2 Å². The average molecular weight is 345 g/mol. The summed E-state index contributed by atoms with van der Waals surface area (Å²) in [6, 6.07) is 2.33. The van der Waals surface area contributed by atoms with Crippen LogP contribution in [0.3, 0.4) is 0 Å². The SMILES string of the molecule is C[C@H]1CCCN(C(=O)CCc2cc(Br)cs2)[C@@H]1CN. The Kier molecular flexibility index (Phi) is 5.42. The van der Waals surface area contributed by atoms with Gasteiger partial charge in [0.1, 0.15) is 0 Å². The molecule has 0 spiro atoms. The van der Waals surface area contributed by atoms with Gasteiger partial charge in [0.15, 0.2) is 0 Å². The summed E-state index contributed by atoms with van der Waals surface area (Å²) in [5.41, 5.74) is 5.83. The molecule has 2 heterocycles. The molecule has 1 amide bonds. The first-order valence-electron chi connectivity index (χ1n) is 6.84. The van der Waals surface area contributed by atoms with Crippen LogP contribution < -0.4 is 5.73 Å². The number of thiophene rings is 1. The molecule has 1 aliphatic rings. The topological polar surface area (TPSA) is 46.3 Å². The van der Waals surface area contributed by atoms with Crippen molar-refractivity contribution >= 4 is 33.2 Å². The van der Waals surface area contributed by atoms with Gasteiger partial charge in [-0.25, -0.2) is 0 Å². The summed E-state index contributed by atoms with van der Waals surface area (Å²) in [4.78, 5) is 15.6. The molecule has 2 atom stereocenters. The zero-order valence-electron chi connectivity index (χ0n) is 11.3. The molecule has 1 aliphatic heterocycles. The van der Waals surface area contributed by atoms with E-state index < -0.39 is 0 Å². The molecule has 106 valence electrons. The summed E-state index contributed by atoms with van der Waals surface area (Å²) >= 11 is 5.15. The third-order valence-electron chi connectivity index (χ3n) is 3.88. The highest BCUT2D eigenvalue weighted by Crippen LogP contribution is 2.25. The van der Waals surface area contributed by atoms with Crippen LogP contribution in [-0.4, -0.2) is 29.9 Å². The standard InChI is InChI=1S/C14H21BrN2OS/c1-10-3-2-6-17(13(10)8-16)14(18)5-4-12-7-11(15)9-19-12/h7,9-10,13H,2-6,8,16H2,1H3/t10-,13+/m0/s1. The first kappa shape index (κ1) is 15.0. The van der Waals surface area contributed by atoms with E-state index >= 15 is 0 Å². The van der Waals surface area contributed by atoms with Crippen LogP contribution in [0.25, 0.3) is 0 Å². The summed E-state index contributed by atoms with van der Waals surface area (Å²) in [5.74, 6) is 0.783. The summed E-state index contributed by atoms with van der Waals surface area (Å²) in [5, 5.41) is 2.06. The van der Waals surface area contributed by atoms with Crippen molar-refractivity contribution < 1.29 is 4.79 Å². The van der Waals surface area contributed by atoms with E-state index in [0.29, 0.717) is 18.9 Å². The number of carbonyl (C=O) groups excluding carboxylic acids is 1. The minimum atomic E-state index is 0.233. The van der Waals surface area contributed by atoms with E-state index in [1.165, 1.54) is 11.3 Å². The van der Waals surface area contributed by atoms with Crippen LogP contribution >= 0.6 is 27.3 Å². The first-order chi connectivity index (χ1) is 9.11. The number of rotatable bonds is 4. The van der Waals surface area contributed by atoms with Crippen molar-refractivity contribution in [3.63, 3.8) is 0 Å². The molecule has 1 saturated heterocycles. The number of hydrogen-bond acceptors (Lipinski definition) is 3. The largest absolute Gasteiger partial charge is 0.338 e. The van der Waals surface area contributed by atoms with E-state index in [4.69, 9.17) is 5.73 Å². The van der Waals surface area contributed by atoms with Crippen LogP contribution in [0.4, 0.5) is 0 Å². The van der Waals surface area contributed by atoms with Gasteiger partial charge in [0, 0.05) is 40.3 Å². The number of halogens is 1. The Labute approximate surface area is 127 Å². The molecule has 3 nitrogen and oxygen atoms in total. The lowest BCUT2D eigenvalue weighted by Gasteiger charge is -2.39. The fourth-order valence-corrected chi connectivity index (χ4v) is 4.23. The van der Waals surface area contributed by atoms with Crippen LogP contribution in [-0.2, 0) is 11.2 Å². The van der Waals surface area contributed by atoms with Crippen molar-refractivity contribution in [1.29, 1.82) is 0 Å². The molecule has 1 aromatic heterocycles. The van der Waals surface area contributed by atoms with Crippen molar-refractivity contribution in [2.24, 2.45) is 11.7 Å². The molecule has 0 radical (unpaired) electrons. The van der Waals surface area contributed by atoms with Crippen molar-refractivity contribution in [3.8, 4) is 0 Å². The second kappa shape index (κ2) is 6.86. The van der Waals surface area contributed by atoms with E-state index in [2.05, 4.69) is 34.3 Å². The lowest BCUT2D eigenvalue weighted by molar-refractivity contribution is -0.136. The molecule has 5 heteroatoms. The van der Waals surface area contributed by atoms with Gasteiger partial charge in [-0.3, -0.25) is 4.79 Å². The van der Waals surface area contributed by atoms with Gasteiger partial charge in [0.25, 0.3) is 0 Å². The molecule has 2 N–H and O–H groups in total. The molecule has 19 heavy (non-hydrogen) atoms. The third-order valence-corrected chi connectivity index (χ3v) is 5.64. The molecule has 0 unspecified atom stereocenters. The van der Waals surface area contributed by atoms with Crippen LogP contribution in [0, 0.1) is 5.92 Å². The van der Waals surface area contributed by atoms with Crippen LogP contribution in [0.2, 0.25) is 0 Å². The zero-order chi connectivity index (χ0) is 13.8. The van der Waals surface area contributed by atoms with E-state index in [1.54, 1.807) is 11.3 Å². The minimum absolute atomic E-state index is 0.233. The van der Waals surface area contributed by atoms with E-state index in [1.807, 2.05) is 4.90 Å². The molecule has 1 fully saturated rings. The monoisotopic (exact) mass is 344 g/mol. The summed E-state index contributed by atoms with van der Waals surface area (Å²) in [6.07, 6.45) is 3.71. The summed E-state index contributed by atoms with van der Waals surface area (Å²) < 4.78 is 1.10.